The topological polar surface area (TPSA) is 41.6 Å². The highest BCUT2D eigenvalue weighted by atomic mass is 16.6. The molecule has 23 heavy (non-hydrogen) atoms. The molecule has 1 saturated heterocycles. The van der Waals surface area contributed by atoms with Crippen molar-refractivity contribution in [1.82, 2.24) is 10.2 Å². The SMILES string of the molecule is CNC(c1cc(C)ccc1C)C1CCN(C(=O)OC(C)(C)C)C1. The molecule has 1 aliphatic rings. The van der Waals surface area contributed by atoms with E-state index in [0.29, 0.717) is 5.92 Å². The molecule has 4 nitrogen and oxygen atoms in total. The van der Waals surface area contributed by atoms with E-state index in [1.165, 1.54) is 16.7 Å². The molecule has 1 aliphatic heterocycles. The number of carbonyl (C=O) groups excluding carboxylic acids is 1. The highest BCUT2D eigenvalue weighted by molar-refractivity contribution is 5.68. The summed E-state index contributed by atoms with van der Waals surface area (Å²) in [6.07, 6.45) is 0.800. The van der Waals surface area contributed by atoms with Gasteiger partial charge < -0.3 is 15.0 Å². The van der Waals surface area contributed by atoms with E-state index in [9.17, 15) is 4.79 Å². The third-order valence-electron chi connectivity index (χ3n) is 4.43. The summed E-state index contributed by atoms with van der Waals surface area (Å²) in [5.41, 5.74) is 3.46. The summed E-state index contributed by atoms with van der Waals surface area (Å²) in [5.74, 6) is 0.410. The molecule has 0 aromatic heterocycles. The molecule has 0 aliphatic carbocycles. The van der Waals surface area contributed by atoms with E-state index in [2.05, 4.69) is 37.4 Å². The fourth-order valence-corrected chi connectivity index (χ4v) is 3.29. The van der Waals surface area contributed by atoms with E-state index in [-0.39, 0.29) is 12.1 Å². The molecular formula is C19H30N2O2. The van der Waals surface area contributed by atoms with E-state index in [1.54, 1.807) is 0 Å². The first kappa shape index (κ1) is 17.8. The maximum Gasteiger partial charge on any atom is 0.410 e. The lowest BCUT2D eigenvalue weighted by Crippen LogP contribution is -2.36. The van der Waals surface area contributed by atoms with Crippen molar-refractivity contribution < 1.29 is 9.53 Å². The second kappa shape index (κ2) is 6.91. The maximum absolute atomic E-state index is 12.3. The minimum absolute atomic E-state index is 0.198. The lowest BCUT2D eigenvalue weighted by molar-refractivity contribution is 0.0285. The van der Waals surface area contributed by atoms with Gasteiger partial charge in [0.1, 0.15) is 5.60 Å². The molecule has 0 radical (unpaired) electrons. The van der Waals surface area contributed by atoms with Gasteiger partial charge in [0.05, 0.1) is 0 Å². The van der Waals surface area contributed by atoms with Gasteiger partial charge in [0.2, 0.25) is 0 Å². The van der Waals surface area contributed by atoms with Crippen molar-refractivity contribution in [2.24, 2.45) is 5.92 Å². The number of aryl methyl sites for hydroxylation is 2. The van der Waals surface area contributed by atoms with Gasteiger partial charge in [-0.15, -0.1) is 0 Å². The predicted octanol–water partition coefficient (Wildman–Crippen LogP) is 3.82. The summed E-state index contributed by atoms with van der Waals surface area (Å²) in [6, 6.07) is 6.84. The number of nitrogens with zero attached hydrogens (tertiary/aromatic N) is 1. The van der Waals surface area contributed by atoms with Gasteiger partial charge in [0.25, 0.3) is 0 Å². The van der Waals surface area contributed by atoms with Crippen molar-refractivity contribution in [3.8, 4) is 0 Å². The summed E-state index contributed by atoms with van der Waals surface area (Å²) in [4.78, 5) is 14.1. The maximum atomic E-state index is 12.3. The Kier molecular flexibility index (Phi) is 5.35. The molecule has 1 heterocycles. The quantitative estimate of drug-likeness (QED) is 0.921. The molecule has 2 atom stereocenters. The lowest BCUT2D eigenvalue weighted by atomic mass is 9.89. The number of amides is 1. The highest BCUT2D eigenvalue weighted by Crippen LogP contribution is 2.32. The van der Waals surface area contributed by atoms with Gasteiger partial charge in [-0.05, 0) is 65.1 Å². The Hall–Kier alpha value is -1.55. The van der Waals surface area contributed by atoms with Crippen LogP contribution >= 0.6 is 0 Å². The number of likely N-dealkylation sites (tertiary alicyclic amines) is 1. The van der Waals surface area contributed by atoms with Crippen LogP contribution in [-0.2, 0) is 4.74 Å². The third kappa shape index (κ3) is 4.47. The van der Waals surface area contributed by atoms with Crippen LogP contribution in [0.15, 0.2) is 18.2 Å². The lowest BCUT2D eigenvalue weighted by Gasteiger charge is -2.27. The zero-order valence-electron chi connectivity index (χ0n) is 15.3. The molecule has 2 unspecified atom stereocenters. The minimum atomic E-state index is -0.440. The highest BCUT2D eigenvalue weighted by Gasteiger charge is 2.34. The van der Waals surface area contributed by atoms with E-state index in [1.807, 2.05) is 32.7 Å². The van der Waals surface area contributed by atoms with Crippen LogP contribution in [0.3, 0.4) is 0 Å². The van der Waals surface area contributed by atoms with Gasteiger partial charge in [0, 0.05) is 19.1 Å². The van der Waals surface area contributed by atoms with Crippen LogP contribution in [-0.4, -0.2) is 36.7 Å². The first-order chi connectivity index (χ1) is 10.7. The van der Waals surface area contributed by atoms with Crippen LogP contribution in [0, 0.1) is 19.8 Å². The first-order valence-corrected chi connectivity index (χ1v) is 8.43. The van der Waals surface area contributed by atoms with Crippen LogP contribution < -0.4 is 5.32 Å². The Labute approximate surface area is 140 Å². The zero-order valence-corrected chi connectivity index (χ0v) is 15.3. The largest absolute Gasteiger partial charge is 0.444 e. The van der Waals surface area contributed by atoms with Crippen molar-refractivity contribution >= 4 is 6.09 Å². The number of benzene rings is 1. The van der Waals surface area contributed by atoms with E-state index in [4.69, 9.17) is 4.74 Å². The minimum Gasteiger partial charge on any atom is -0.444 e. The first-order valence-electron chi connectivity index (χ1n) is 8.43. The van der Waals surface area contributed by atoms with Crippen molar-refractivity contribution in [3.05, 3.63) is 34.9 Å². The monoisotopic (exact) mass is 318 g/mol. The van der Waals surface area contributed by atoms with Crippen molar-refractivity contribution in [2.45, 2.75) is 52.7 Å². The molecule has 1 aromatic rings. The third-order valence-corrected chi connectivity index (χ3v) is 4.43. The Morgan fingerprint density at radius 1 is 1.35 bits per heavy atom. The van der Waals surface area contributed by atoms with Gasteiger partial charge in [-0.1, -0.05) is 23.8 Å². The van der Waals surface area contributed by atoms with Crippen molar-refractivity contribution in [3.63, 3.8) is 0 Å². The number of rotatable bonds is 3. The fourth-order valence-electron chi connectivity index (χ4n) is 3.29. The smallest absolute Gasteiger partial charge is 0.410 e. The Morgan fingerprint density at radius 3 is 2.65 bits per heavy atom. The summed E-state index contributed by atoms with van der Waals surface area (Å²) < 4.78 is 5.50. The molecule has 1 aromatic carbocycles. The van der Waals surface area contributed by atoms with Crippen molar-refractivity contribution in [2.75, 3.05) is 20.1 Å². The van der Waals surface area contributed by atoms with Crippen LogP contribution in [0.1, 0.15) is 49.9 Å². The number of hydrogen-bond acceptors (Lipinski definition) is 3. The van der Waals surface area contributed by atoms with Crippen LogP contribution in [0.25, 0.3) is 0 Å². The zero-order chi connectivity index (χ0) is 17.2. The summed E-state index contributed by atoms with van der Waals surface area (Å²) in [7, 11) is 2.00. The summed E-state index contributed by atoms with van der Waals surface area (Å²) in [5, 5.41) is 3.46. The number of hydrogen-bond donors (Lipinski definition) is 1. The standard InChI is InChI=1S/C19H30N2O2/c1-13-7-8-14(2)16(11-13)17(20-6)15-9-10-21(12-15)18(22)23-19(3,4)5/h7-8,11,15,17,20H,9-10,12H2,1-6H3. The molecule has 1 amide bonds. The molecule has 4 heteroatoms. The number of nitrogens with one attached hydrogen (secondary N) is 1. The second-order valence-electron chi connectivity index (χ2n) is 7.60. The molecular weight excluding hydrogens is 288 g/mol. The molecule has 0 spiro atoms. The van der Waals surface area contributed by atoms with Crippen LogP contribution in [0.5, 0.6) is 0 Å². The second-order valence-corrected chi connectivity index (χ2v) is 7.60. The van der Waals surface area contributed by atoms with Crippen LogP contribution in [0.4, 0.5) is 4.79 Å². The predicted molar refractivity (Wildman–Crippen MR) is 93.6 cm³/mol. The average Bonchev–Trinajstić information content (AvgIpc) is 2.91. The Bertz CT molecular complexity index is 563. The van der Waals surface area contributed by atoms with Crippen LogP contribution in [0.2, 0.25) is 0 Å². The molecule has 1 fully saturated rings. The van der Waals surface area contributed by atoms with Gasteiger partial charge in [-0.3, -0.25) is 0 Å². The van der Waals surface area contributed by atoms with E-state index in [0.717, 1.165) is 19.5 Å². The average molecular weight is 318 g/mol. The van der Waals surface area contributed by atoms with E-state index < -0.39 is 5.60 Å². The fraction of sp³-hybridized carbons (Fsp3) is 0.632. The Balaban J connectivity index is 2.10. The van der Waals surface area contributed by atoms with Gasteiger partial charge in [-0.25, -0.2) is 4.79 Å². The molecule has 128 valence electrons. The normalized spacial score (nSPS) is 19.7. The molecule has 1 N–H and O–H groups in total. The molecule has 2 rings (SSSR count). The Morgan fingerprint density at radius 2 is 2.04 bits per heavy atom. The van der Waals surface area contributed by atoms with E-state index >= 15 is 0 Å². The van der Waals surface area contributed by atoms with Gasteiger partial charge in [-0.2, -0.15) is 0 Å². The molecule has 0 bridgehead atoms. The summed E-state index contributed by atoms with van der Waals surface area (Å²) in [6.45, 7) is 11.5. The van der Waals surface area contributed by atoms with Crippen molar-refractivity contribution in [1.29, 1.82) is 0 Å². The summed E-state index contributed by atoms with van der Waals surface area (Å²) >= 11 is 0. The van der Waals surface area contributed by atoms with Gasteiger partial charge in [0.15, 0.2) is 0 Å². The molecule has 0 saturated carbocycles. The number of carbonyl (C=O) groups is 1. The number of ether oxygens (including phenoxy) is 1. The van der Waals surface area contributed by atoms with Gasteiger partial charge >= 0.3 is 6.09 Å².